The zero-order valence-corrected chi connectivity index (χ0v) is 16.8. The van der Waals surface area contributed by atoms with E-state index in [-0.39, 0.29) is 6.04 Å². The van der Waals surface area contributed by atoms with Crippen molar-refractivity contribution in [3.8, 4) is 0 Å². The fourth-order valence-electron chi connectivity index (χ4n) is 4.52. The molecule has 1 atom stereocenters. The number of rotatable bonds is 7. The van der Waals surface area contributed by atoms with Gasteiger partial charge in [0.05, 0.1) is 6.04 Å². The van der Waals surface area contributed by atoms with E-state index in [4.69, 9.17) is 10.1 Å². The average molecular weight is 406 g/mol. The van der Waals surface area contributed by atoms with Crippen molar-refractivity contribution >= 4 is 28.9 Å². The monoisotopic (exact) mass is 406 g/mol. The van der Waals surface area contributed by atoms with Gasteiger partial charge in [-0.2, -0.15) is 10.1 Å². The van der Waals surface area contributed by atoms with Crippen LogP contribution in [0.15, 0.2) is 24.4 Å². The van der Waals surface area contributed by atoms with Crippen LogP contribution in [0, 0.1) is 5.92 Å². The zero-order valence-electron chi connectivity index (χ0n) is 16.8. The van der Waals surface area contributed by atoms with E-state index < -0.39 is 0 Å². The van der Waals surface area contributed by atoms with Crippen molar-refractivity contribution in [1.29, 1.82) is 0 Å². The first kappa shape index (κ1) is 17.9. The Morgan fingerprint density at radius 3 is 2.97 bits per heavy atom. The molecule has 1 aliphatic carbocycles. The normalized spacial score (nSPS) is 21.9. The Morgan fingerprint density at radius 2 is 2.17 bits per heavy atom. The molecule has 9 heteroatoms. The van der Waals surface area contributed by atoms with Crippen molar-refractivity contribution in [2.75, 3.05) is 29.9 Å². The highest BCUT2D eigenvalue weighted by atomic mass is 16.1. The minimum absolute atomic E-state index is 0.127. The number of ketones is 1. The first-order chi connectivity index (χ1) is 14.7. The van der Waals surface area contributed by atoms with Crippen LogP contribution in [0.3, 0.4) is 0 Å². The number of nitrogens with zero attached hydrogens (tertiary/aromatic N) is 5. The second-order valence-electron chi connectivity index (χ2n) is 8.75. The molecule has 1 saturated carbocycles. The minimum atomic E-state index is -0.127. The van der Waals surface area contributed by atoms with Crippen LogP contribution in [0.4, 0.5) is 17.6 Å². The van der Waals surface area contributed by atoms with Crippen molar-refractivity contribution < 1.29 is 4.79 Å². The number of nitrogens with one attached hydrogen (secondary N) is 3. The lowest BCUT2D eigenvalue weighted by Gasteiger charge is -2.29. The van der Waals surface area contributed by atoms with E-state index in [0.29, 0.717) is 35.8 Å². The summed E-state index contributed by atoms with van der Waals surface area (Å²) in [5.41, 5.74) is 2.06. The summed E-state index contributed by atoms with van der Waals surface area (Å²) < 4.78 is 1.83. The molecular formula is C21H26N8O. The fraction of sp³-hybridized carbons (Fsp3) is 0.524. The van der Waals surface area contributed by atoms with Crippen LogP contribution < -0.4 is 15.5 Å². The molecule has 156 valence electrons. The average Bonchev–Trinajstić information content (AvgIpc) is 3.12. The SMILES string of the molecule is O=C(CC1CNC1)[C@@H]1CCCN1c1nc(Nc2cc(C3CC3)[nH]n2)c2cccn2n1. The molecular weight excluding hydrogens is 380 g/mol. The quantitative estimate of drug-likeness (QED) is 0.553. The Labute approximate surface area is 174 Å². The Kier molecular flexibility index (Phi) is 4.22. The van der Waals surface area contributed by atoms with E-state index in [1.165, 1.54) is 18.5 Å². The summed E-state index contributed by atoms with van der Waals surface area (Å²) in [6, 6.07) is 5.87. The molecule has 30 heavy (non-hydrogen) atoms. The summed E-state index contributed by atoms with van der Waals surface area (Å²) in [5, 5.41) is 18.8. The van der Waals surface area contributed by atoms with Crippen molar-refractivity contribution in [1.82, 2.24) is 30.1 Å². The second kappa shape index (κ2) is 7.09. The molecule has 3 aromatic rings. The predicted octanol–water partition coefficient (Wildman–Crippen LogP) is 2.22. The highest BCUT2D eigenvalue weighted by molar-refractivity contribution is 5.87. The number of hydrogen-bond donors (Lipinski definition) is 3. The van der Waals surface area contributed by atoms with Crippen LogP contribution in [0.5, 0.6) is 0 Å². The van der Waals surface area contributed by atoms with Crippen LogP contribution in [0.1, 0.15) is 43.7 Å². The molecule has 3 aliphatic rings. The summed E-state index contributed by atoms with van der Waals surface area (Å²) >= 11 is 0. The lowest BCUT2D eigenvalue weighted by molar-refractivity contribution is -0.121. The van der Waals surface area contributed by atoms with Gasteiger partial charge in [0.25, 0.3) is 0 Å². The van der Waals surface area contributed by atoms with Gasteiger partial charge in [-0.05, 0) is 56.8 Å². The van der Waals surface area contributed by atoms with Gasteiger partial charge in [0.1, 0.15) is 5.52 Å². The van der Waals surface area contributed by atoms with Crippen LogP contribution in [0.2, 0.25) is 0 Å². The molecule has 5 heterocycles. The van der Waals surface area contributed by atoms with Crippen molar-refractivity contribution in [2.45, 2.75) is 44.1 Å². The molecule has 6 rings (SSSR count). The van der Waals surface area contributed by atoms with Crippen LogP contribution in [-0.4, -0.2) is 56.3 Å². The van der Waals surface area contributed by atoms with E-state index >= 15 is 0 Å². The van der Waals surface area contributed by atoms with E-state index in [1.807, 2.05) is 22.8 Å². The molecule has 0 spiro atoms. The predicted molar refractivity (Wildman–Crippen MR) is 113 cm³/mol. The van der Waals surface area contributed by atoms with Gasteiger partial charge in [0.15, 0.2) is 17.4 Å². The maximum absolute atomic E-state index is 12.9. The van der Waals surface area contributed by atoms with Crippen molar-refractivity contribution in [2.24, 2.45) is 5.92 Å². The number of H-pyrrole nitrogens is 1. The molecule has 2 saturated heterocycles. The summed E-state index contributed by atoms with van der Waals surface area (Å²) in [4.78, 5) is 19.8. The highest BCUT2D eigenvalue weighted by Crippen LogP contribution is 2.39. The molecule has 0 bridgehead atoms. The Morgan fingerprint density at radius 1 is 1.27 bits per heavy atom. The molecule has 0 radical (unpaired) electrons. The number of fused-ring (bicyclic) bond motifs is 1. The summed E-state index contributed by atoms with van der Waals surface area (Å²) in [5.74, 6) is 3.47. The molecule has 0 unspecified atom stereocenters. The Bertz CT molecular complexity index is 1080. The zero-order chi connectivity index (χ0) is 20.1. The third-order valence-corrected chi connectivity index (χ3v) is 6.48. The lowest BCUT2D eigenvalue weighted by atomic mass is 9.93. The standard InChI is InChI=1S/C21H26N8O/c30-18(9-13-11-22-12-13)16-3-1-7-28(16)21-24-20(17-4-2-8-29(17)27-21)23-19-10-15(25-26-19)14-5-6-14/h2,4,8,10,13-14,16,22H,1,3,5-7,9,11-12H2,(H2,23,24,25,26,27)/t16-/m0/s1. The van der Waals surface area contributed by atoms with Gasteiger partial charge in [-0.25, -0.2) is 4.52 Å². The Hall–Kier alpha value is -2.94. The molecule has 3 N–H and O–H groups in total. The van der Waals surface area contributed by atoms with Gasteiger partial charge in [-0.15, -0.1) is 5.10 Å². The number of hydrogen-bond acceptors (Lipinski definition) is 7. The van der Waals surface area contributed by atoms with Crippen LogP contribution >= 0.6 is 0 Å². The number of aromatic amines is 1. The van der Waals surface area contributed by atoms with Crippen molar-refractivity contribution in [3.05, 3.63) is 30.1 Å². The maximum Gasteiger partial charge on any atom is 0.246 e. The summed E-state index contributed by atoms with van der Waals surface area (Å²) in [6.07, 6.45) is 6.87. The molecule has 3 fully saturated rings. The maximum atomic E-state index is 12.9. The van der Waals surface area contributed by atoms with Crippen LogP contribution in [0.25, 0.3) is 5.52 Å². The summed E-state index contributed by atoms with van der Waals surface area (Å²) in [7, 11) is 0. The highest BCUT2D eigenvalue weighted by Gasteiger charge is 2.35. The van der Waals surface area contributed by atoms with Gasteiger partial charge in [0, 0.05) is 36.8 Å². The number of carbonyl (C=O) groups is 1. The van der Waals surface area contributed by atoms with Gasteiger partial charge >= 0.3 is 0 Å². The molecule has 9 nitrogen and oxygen atoms in total. The Balaban J connectivity index is 1.29. The third kappa shape index (κ3) is 3.23. The number of aromatic nitrogens is 5. The number of anilines is 3. The smallest absolute Gasteiger partial charge is 0.246 e. The first-order valence-electron chi connectivity index (χ1n) is 10.9. The minimum Gasteiger partial charge on any atom is -0.329 e. The molecule has 3 aromatic heterocycles. The number of carbonyl (C=O) groups excluding carboxylic acids is 1. The van der Waals surface area contributed by atoms with Gasteiger partial charge in [-0.3, -0.25) is 9.89 Å². The number of Topliss-reactive ketones (excluding diaryl/α,β-unsaturated/α-hetero) is 1. The topological polar surface area (TPSA) is 103 Å². The molecule has 0 amide bonds. The largest absolute Gasteiger partial charge is 0.329 e. The van der Waals surface area contributed by atoms with Crippen LogP contribution in [-0.2, 0) is 4.79 Å². The first-order valence-corrected chi connectivity index (χ1v) is 10.9. The molecule has 2 aliphatic heterocycles. The van der Waals surface area contributed by atoms with Gasteiger partial charge in [0.2, 0.25) is 5.95 Å². The van der Waals surface area contributed by atoms with E-state index in [9.17, 15) is 4.79 Å². The van der Waals surface area contributed by atoms with Crippen molar-refractivity contribution in [3.63, 3.8) is 0 Å². The third-order valence-electron chi connectivity index (χ3n) is 6.48. The van der Waals surface area contributed by atoms with E-state index in [0.717, 1.165) is 43.8 Å². The lowest BCUT2D eigenvalue weighted by Crippen LogP contribution is -2.46. The summed E-state index contributed by atoms with van der Waals surface area (Å²) in [6.45, 7) is 2.70. The second-order valence-corrected chi connectivity index (χ2v) is 8.75. The van der Waals surface area contributed by atoms with Gasteiger partial charge < -0.3 is 15.5 Å². The van der Waals surface area contributed by atoms with Gasteiger partial charge in [-0.1, -0.05) is 0 Å². The molecule has 0 aromatic carbocycles. The fourth-order valence-corrected chi connectivity index (χ4v) is 4.52. The van der Waals surface area contributed by atoms with E-state index in [1.54, 1.807) is 0 Å². The van der Waals surface area contributed by atoms with E-state index in [2.05, 4.69) is 31.8 Å².